The number of amides is 1. The molecule has 1 aromatic heterocycles. The SMILES string of the molecule is CCCC1CCC(NC(=O)c2cncc(NC)n2)CC1. The van der Waals surface area contributed by atoms with Gasteiger partial charge < -0.3 is 10.6 Å². The van der Waals surface area contributed by atoms with Crippen molar-refractivity contribution in [3.63, 3.8) is 0 Å². The lowest BCUT2D eigenvalue weighted by Gasteiger charge is -2.28. The highest BCUT2D eigenvalue weighted by atomic mass is 16.1. The molecular weight excluding hydrogens is 252 g/mol. The van der Waals surface area contributed by atoms with Crippen molar-refractivity contribution in [2.75, 3.05) is 12.4 Å². The zero-order valence-corrected chi connectivity index (χ0v) is 12.4. The van der Waals surface area contributed by atoms with Gasteiger partial charge in [-0.05, 0) is 31.6 Å². The highest BCUT2D eigenvalue weighted by molar-refractivity contribution is 5.92. The van der Waals surface area contributed by atoms with E-state index in [0.29, 0.717) is 11.5 Å². The topological polar surface area (TPSA) is 66.9 Å². The number of anilines is 1. The third-order valence-electron chi connectivity index (χ3n) is 4.00. The van der Waals surface area contributed by atoms with Crippen LogP contribution in [0, 0.1) is 5.92 Å². The van der Waals surface area contributed by atoms with Crippen molar-refractivity contribution >= 4 is 11.7 Å². The summed E-state index contributed by atoms with van der Waals surface area (Å²) in [6.45, 7) is 2.24. The molecule has 20 heavy (non-hydrogen) atoms. The van der Waals surface area contributed by atoms with Crippen LogP contribution in [0.25, 0.3) is 0 Å². The molecule has 0 saturated heterocycles. The van der Waals surface area contributed by atoms with Gasteiger partial charge in [-0.15, -0.1) is 0 Å². The molecule has 0 unspecified atom stereocenters. The summed E-state index contributed by atoms with van der Waals surface area (Å²) < 4.78 is 0. The number of carbonyl (C=O) groups is 1. The van der Waals surface area contributed by atoms with Gasteiger partial charge in [0.05, 0.1) is 12.4 Å². The minimum atomic E-state index is -0.117. The van der Waals surface area contributed by atoms with Crippen LogP contribution in [0.15, 0.2) is 12.4 Å². The third-order valence-corrected chi connectivity index (χ3v) is 4.00. The fraction of sp³-hybridized carbons (Fsp3) is 0.667. The molecule has 2 N–H and O–H groups in total. The van der Waals surface area contributed by atoms with E-state index in [4.69, 9.17) is 0 Å². The van der Waals surface area contributed by atoms with Crippen molar-refractivity contribution in [1.29, 1.82) is 0 Å². The molecule has 1 saturated carbocycles. The van der Waals surface area contributed by atoms with E-state index in [1.807, 2.05) is 0 Å². The molecule has 0 radical (unpaired) electrons. The van der Waals surface area contributed by atoms with Crippen molar-refractivity contribution < 1.29 is 4.79 Å². The molecule has 2 rings (SSSR count). The lowest BCUT2D eigenvalue weighted by molar-refractivity contribution is 0.0915. The highest BCUT2D eigenvalue weighted by Crippen LogP contribution is 2.27. The standard InChI is InChI=1S/C15H24N4O/c1-3-4-11-5-7-12(8-6-11)18-15(20)13-9-17-10-14(16-2)19-13/h9-12H,3-8H2,1-2H3,(H,16,19)(H,18,20). The first kappa shape index (κ1) is 14.8. The maximum absolute atomic E-state index is 12.1. The summed E-state index contributed by atoms with van der Waals surface area (Å²) in [7, 11) is 1.76. The molecule has 1 aliphatic rings. The average molecular weight is 276 g/mol. The molecule has 0 aliphatic heterocycles. The molecule has 1 fully saturated rings. The van der Waals surface area contributed by atoms with Crippen molar-refractivity contribution in [2.45, 2.75) is 51.5 Å². The Balaban J connectivity index is 1.86. The van der Waals surface area contributed by atoms with Gasteiger partial charge >= 0.3 is 0 Å². The lowest BCUT2D eigenvalue weighted by atomic mass is 9.83. The van der Waals surface area contributed by atoms with Gasteiger partial charge in [-0.3, -0.25) is 9.78 Å². The number of nitrogens with zero attached hydrogens (tertiary/aromatic N) is 2. The van der Waals surface area contributed by atoms with Crippen molar-refractivity contribution in [1.82, 2.24) is 15.3 Å². The summed E-state index contributed by atoms with van der Waals surface area (Å²) in [6, 6.07) is 0.288. The molecule has 5 nitrogen and oxygen atoms in total. The average Bonchev–Trinajstić information content (AvgIpc) is 2.49. The molecule has 1 aliphatic carbocycles. The largest absolute Gasteiger partial charge is 0.372 e. The zero-order chi connectivity index (χ0) is 14.4. The summed E-state index contributed by atoms with van der Waals surface area (Å²) in [4.78, 5) is 20.4. The predicted octanol–water partition coefficient (Wildman–Crippen LogP) is 2.61. The smallest absolute Gasteiger partial charge is 0.271 e. The van der Waals surface area contributed by atoms with Gasteiger partial charge in [0, 0.05) is 13.1 Å². The van der Waals surface area contributed by atoms with Gasteiger partial charge in [0.2, 0.25) is 0 Å². The lowest BCUT2D eigenvalue weighted by Crippen LogP contribution is -2.38. The van der Waals surface area contributed by atoms with Gasteiger partial charge in [0.1, 0.15) is 11.5 Å². The van der Waals surface area contributed by atoms with Gasteiger partial charge in [-0.1, -0.05) is 19.8 Å². The molecular formula is C15H24N4O. The fourth-order valence-electron chi connectivity index (χ4n) is 2.86. The van der Waals surface area contributed by atoms with Gasteiger partial charge in [0.15, 0.2) is 0 Å². The fourth-order valence-corrected chi connectivity index (χ4v) is 2.86. The van der Waals surface area contributed by atoms with Crippen LogP contribution in [0.1, 0.15) is 55.9 Å². The Morgan fingerprint density at radius 3 is 2.70 bits per heavy atom. The molecule has 110 valence electrons. The van der Waals surface area contributed by atoms with Crippen LogP contribution >= 0.6 is 0 Å². The Labute approximate surface area is 120 Å². The van der Waals surface area contributed by atoms with Crippen LogP contribution in [-0.2, 0) is 0 Å². The van der Waals surface area contributed by atoms with E-state index in [0.717, 1.165) is 18.8 Å². The van der Waals surface area contributed by atoms with E-state index in [9.17, 15) is 4.79 Å². The molecule has 0 spiro atoms. The second kappa shape index (κ2) is 7.22. The van der Waals surface area contributed by atoms with Crippen LogP contribution in [-0.4, -0.2) is 29.0 Å². The van der Waals surface area contributed by atoms with Crippen LogP contribution in [0.5, 0.6) is 0 Å². The first-order chi connectivity index (χ1) is 9.72. The van der Waals surface area contributed by atoms with Crippen LogP contribution in [0.4, 0.5) is 5.82 Å². The Morgan fingerprint density at radius 2 is 2.05 bits per heavy atom. The predicted molar refractivity (Wildman–Crippen MR) is 79.7 cm³/mol. The van der Waals surface area contributed by atoms with E-state index in [1.165, 1.54) is 31.9 Å². The van der Waals surface area contributed by atoms with E-state index in [2.05, 4.69) is 27.5 Å². The first-order valence-corrected chi connectivity index (χ1v) is 7.53. The molecule has 1 amide bonds. The van der Waals surface area contributed by atoms with Crippen molar-refractivity contribution in [3.05, 3.63) is 18.1 Å². The highest BCUT2D eigenvalue weighted by Gasteiger charge is 2.22. The van der Waals surface area contributed by atoms with Crippen LogP contribution in [0.3, 0.4) is 0 Å². The minimum absolute atomic E-state index is 0.117. The second-order valence-electron chi connectivity index (χ2n) is 5.52. The molecule has 0 aromatic carbocycles. The quantitative estimate of drug-likeness (QED) is 0.867. The van der Waals surface area contributed by atoms with E-state index >= 15 is 0 Å². The summed E-state index contributed by atoms with van der Waals surface area (Å²) in [6.07, 6.45) is 10.3. The summed E-state index contributed by atoms with van der Waals surface area (Å²) >= 11 is 0. The maximum Gasteiger partial charge on any atom is 0.271 e. The Kier molecular flexibility index (Phi) is 5.32. The number of nitrogens with one attached hydrogen (secondary N) is 2. The molecule has 0 atom stereocenters. The number of rotatable bonds is 5. The monoisotopic (exact) mass is 276 g/mol. The van der Waals surface area contributed by atoms with Gasteiger partial charge in [-0.2, -0.15) is 0 Å². The van der Waals surface area contributed by atoms with E-state index in [-0.39, 0.29) is 11.9 Å². The Hall–Kier alpha value is -1.65. The zero-order valence-electron chi connectivity index (χ0n) is 12.4. The Morgan fingerprint density at radius 1 is 1.30 bits per heavy atom. The normalized spacial score (nSPS) is 22.3. The van der Waals surface area contributed by atoms with Crippen molar-refractivity contribution in [3.8, 4) is 0 Å². The molecule has 5 heteroatoms. The van der Waals surface area contributed by atoms with Crippen LogP contribution < -0.4 is 10.6 Å². The summed E-state index contributed by atoms with van der Waals surface area (Å²) in [5.74, 6) is 1.35. The first-order valence-electron chi connectivity index (χ1n) is 7.53. The Bertz CT molecular complexity index is 441. The van der Waals surface area contributed by atoms with Gasteiger partial charge in [-0.25, -0.2) is 4.98 Å². The van der Waals surface area contributed by atoms with Crippen LogP contribution in [0.2, 0.25) is 0 Å². The number of aromatic nitrogens is 2. The molecule has 0 bridgehead atoms. The molecule has 1 heterocycles. The minimum Gasteiger partial charge on any atom is -0.372 e. The van der Waals surface area contributed by atoms with E-state index in [1.54, 1.807) is 13.2 Å². The summed E-state index contributed by atoms with van der Waals surface area (Å²) in [5.41, 5.74) is 0.382. The third kappa shape index (κ3) is 3.92. The number of hydrogen-bond donors (Lipinski definition) is 2. The number of carbonyl (C=O) groups excluding carboxylic acids is 1. The molecule has 1 aromatic rings. The van der Waals surface area contributed by atoms with Gasteiger partial charge in [0.25, 0.3) is 5.91 Å². The number of hydrogen-bond acceptors (Lipinski definition) is 4. The van der Waals surface area contributed by atoms with Crippen molar-refractivity contribution in [2.24, 2.45) is 5.92 Å². The maximum atomic E-state index is 12.1. The van der Waals surface area contributed by atoms with E-state index < -0.39 is 0 Å². The second-order valence-corrected chi connectivity index (χ2v) is 5.52. The summed E-state index contributed by atoms with van der Waals surface area (Å²) in [5, 5.41) is 5.97.